The number of carbonyl (C=O) groups is 2. The van der Waals surface area contributed by atoms with Crippen molar-refractivity contribution in [1.29, 1.82) is 5.41 Å². The fourth-order valence-electron chi connectivity index (χ4n) is 2.79. The minimum atomic E-state index is -1.01. The molecule has 1 aromatic carbocycles. The Bertz CT molecular complexity index is 1110. The lowest BCUT2D eigenvalue weighted by Crippen LogP contribution is -2.32. The van der Waals surface area contributed by atoms with Gasteiger partial charge in [-0.3, -0.25) is 10.1 Å². The molecule has 0 saturated carbocycles. The summed E-state index contributed by atoms with van der Waals surface area (Å²) in [5, 5.41) is 25.2. The van der Waals surface area contributed by atoms with Crippen LogP contribution in [0.3, 0.4) is 0 Å². The van der Waals surface area contributed by atoms with E-state index in [9.17, 15) is 24.1 Å². The van der Waals surface area contributed by atoms with Crippen molar-refractivity contribution in [3.63, 3.8) is 0 Å². The monoisotopic (exact) mass is 487 g/mol. The van der Waals surface area contributed by atoms with E-state index in [1.54, 1.807) is 25.3 Å². The molecule has 2 aromatic rings. The predicted molar refractivity (Wildman–Crippen MR) is 127 cm³/mol. The number of hydrogen-bond acceptors (Lipinski definition) is 11. The van der Waals surface area contributed by atoms with Gasteiger partial charge in [0.25, 0.3) is 0 Å². The lowest BCUT2D eigenvalue weighted by Gasteiger charge is -2.22. The smallest absolute Gasteiger partial charge is 0.364 e. The molecular weight excluding hydrogens is 461 g/mol. The molecule has 0 fully saturated rings. The number of anilines is 2. The van der Waals surface area contributed by atoms with Crippen LogP contribution in [-0.4, -0.2) is 59.6 Å². The maximum Gasteiger partial charge on any atom is 0.364 e. The fraction of sp³-hybridized carbons (Fsp3) is 0.318. The average molecular weight is 487 g/mol. The van der Waals surface area contributed by atoms with Crippen LogP contribution >= 0.6 is 0 Å². The van der Waals surface area contributed by atoms with Crippen molar-refractivity contribution < 1.29 is 23.6 Å². The summed E-state index contributed by atoms with van der Waals surface area (Å²) in [4.78, 5) is 44.0. The van der Waals surface area contributed by atoms with Crippen LogP contribution in [0.2, 0.25) is 0 Å². The number of nitrogens with zero attached hydrogens (tertiary/aromatic N) is 4. The Morgan fingerprint density at radius 3 is 2.60 bits per heavy atom. The van der Waals surface area contributed by atoms with Gasteiger partial charge in [0.1, 0.15) is 12.1 Å². The molecule has 1 unspecified atom stereocenters. The first-order chi connectivity index (χ1) is 16.7. The van der Waals surface area contributed by atoms with E-state index in [1.807, 2.05) is 0 Å². The second-order valence-electron chi connectivity index (χ2n) is 7.26. The molecule has 0 saturated heterocycles. The van der Waals surface area contributed by atoms with Gasteiger partial charge in [-0.05, 0) is 31.5 Å². The van der Waals surface area contributed by atoms with E-state index in [0.717, 1.165) is 11.8 Å². The number of ether oxygens (including phenoxy) is 1. The van der Waals surface area contributed by atoms with Crippen molar-refractivity contribution in [2.24, 2.45) is 0 Å². The van der Waals surface area contributed by atoms with Crippen LogP contribution < -0.4 is 15.5 Å². The molecule has 0 amide bonds. The molecular formula is C22H26FN7O5. The number of aldehydes is 1. The minimum Gasteiger partial charge on any atom is -0.461 e. The molecule has 3 N–H and O–H groups in total. The Morgan fingerprint density at radius 2 is 2.03 bits per heavy atom. The Morgan fingerprint density at radius 1 is 1.34 bits per heavy atom. The number of halogens is 1. The number of benzene rings is 1. The van der Waals surface area contributed by atoms with Gasteiger partial charge in [-0.1, -0.05) is 12.1 Å². The standard InChI is InChI=1S/C22H26FN7O5/c1-4-35-21(32)18-19(30(33)34)20(29(3)14(2)13-31)28-22(27-18)26-12-16(9-24)11-25-10-15-5-7-17(23)8-6-15/h5-9,11,13-14,24-25H,4,10,12H2,1-3H3,(H,26,27,28)/b16-11+,24-9?. The molecule has 35 heavy (non-hydrogen) atoms. The predicted octanol–water partition coefficient (Wildman–Crippen LogP) is 2.46. The van der Waals surface area contributed by atoms with Gasteiger partial charge in [-0.25, -0.2) is 9.18 Å². The van der Waals surface area contributed by atoms with Crippen LogP contribution in [0.4, 0.5) is 21.8 Å². The lowest BCUT2D eigenvalue weighted by molar-refractivity contribution is -0.384. The number of likely N-dealkylation sites (N-methyl/N-ethyl adjacent to an activating group) is 1. The second kappa shape index (κ2) is 12.7. The third kappa shape index (κ3) is 7.28. The van der Waals surface area contributed by atoms with Crippen molar-refractivity contribution in [1.82, 2.24) is 15.3 Å². The van der Waals surface area contributed by atoms with Crippen LogP contribution in [0, 0.1) is 21.3 Å². The van der Waals surface area contributed by atoms with Crippen molar-refractivity contribution >= 4 is 35.9 Å². The summed E-state index contributed by atoms with van der Waals surface area (Å²) in [6, 6.07) is 5.15. The number of esters is 1. The summed E-state index contributed by atoms with van der Waals surface area (Å²) >= 11 is 0. The van der Waals surface area contributed by atoms with E-state index in [2.05, 4.69) is 20.6 Å². The van der Waals surface area contributed by atoms with Crippen molar-refractivity contribution in [3.05, 3.63) is 63.2 Å². The number of rotatable bonds is 13. The van der Waals surface area contributed by atoms with Gasteiger partial charge in [0.2, 0.25) is 17.5 Å². The Hall–Kier alpha value is -4.42. The lowest BCUT2D eigenvalue weighted by atomic mass is 10.2. The van der Waals surface area contributed by atoms with Gasteiger partial charge < -0.3 is 30.5 Å². The third-order valence-corrected chi connectivity index (χ3v) is 4.80. The minimum absolute atomic E-state index is 0.0287. The quantitative estimate of drug-likeness (QED) is 0.126. The molecule has 0 aliphatic carbocycles. The van der Waals surface area contributed by atoms with E-state index in [-0.39, 0.29) is 30.7 Å². The molecule has 13 heteroatoms. The molecule has 0 radical (unpaired) electrons. The van der Waals surface area contributed by atoms with Crippen LogP contribution in [-0.2, 0) is 16.1 Å². The molecule has 1 heterocycles. The summed E-state index contributed by atoms with van der Waals surface area (Å²) in [6.07, 6.45) is 3.21. The van der Waals surface area contributed by atoms with Gasteiger partial charge in [-0.15, -0.1) is 0 Å². The van der Waals surface area contributed by atoms with Crippen LogP contribution in [0.25, 0.3) is 0 Å². The highest BCUT2D eigenvalue weighted by atomic mass is 19.1. The molecule has 2 rings (SSSR count). The molecule has 1 atom stereocenters. The van der Waals surface area contributed by atoms with Gasteiger partial charge in [-0.2, -0.15) is 9.97 Å². The second-order valence-corrected chi connectivity index (χ2v) is 7.26. The molecule has 0 aliphatic rings. The Balaban J connectivity index is 2.31. The summed E-state index contributed by atoms with van der Waals surface area (Å²) < 4.78 is 17.9. The van der Waals surface area contributed by atoms with E-state index < -0.39 is 28.3 Å². The normalized spacial score (nSPS) is 11.8. The van der Waals surface area contributed by atoms with Crippen molar-refractivity contribution in [2.75, 3.05) is 30.4 Å². The van der Waals surface area contributed by atoms with Crippen molar-refractivity contribution in [2.45, 2.75) is 26.4 Å². The zero-order valence-corrected chi connectivity index (χ0v) is 19.4. The summed E-state index contributed by atoms with van der Waals surface area (Å²) in [5.41, 5.74) is 0.0377. The number of nitro groups is 1. The summed E-state index contributed by atoms with van der Waals surface area (Å²) in [5.74, 6) is -1.73. The summed E-state index contributed by atoms with van der Waals surface area (Å²) in [6.45, 7) is 3.45. The topological polar surface area (TPSA) is 163 Å². The highest BCUT2D eigenvalue weighted by Gasteiger charge is 2.33. The van der Waals surface area contributed by atoms with Crippen LogP contribution in [0.5, 0.6) is 0 Å². The van der Waals surface area contributed by atoms with Crippen LogP contribution in [0.1, 0.15) is 29.9 Å². The average Bonchev–Trinajstić information content (AvgIpc) is 2.85. The van der Waals surface area contributed by atoms with E-state index >= 15 is 0 Å². The largest absolute Gasteiger partial charge is 0.461 e. The van der Waals surface area contributed by atoms with Crippen molar-refractivity contribution in [3.8, 4) is 0 Å². The molecule has 0 bridgehead atoms. The number of aromatic nitrogens is 2. The molecule has 12 nitrogen and oxygen atoms in total. The maximum atomic E-state index is 13.0. The van der Waals surface area contributed by atoms with Gasteiger partial charge in [0.05, 0.1) is 17.6 Å². The zero-order valence-electron chi connectivity index (χ0n) is 19.4. The van der Waals surface area contributed by atoms with Gasteiger partial charge in [0, 0.05) is 38.1 Å². The number of nitrogens with one attached hydrogen (secondary N) is 3. The van der Waals surface area contributed by atoms with E-state index in [0.29, 0.717) is 18.4 Å². The molecule has 0 aliphatic heterocycles. The fourth-order valence-corrected chi connectivity index (χ4v) is 2.79. The molecule has 1 aromatic heterocycles. The first-order valence-corrected chi connectivity index (χ1v) is 10.5. The Labute approximate surface area is 200 Å². The molecule has 186 valence electrons. The van der Waals surface area contributed by atoms with Gasteiger partial charge in [0.15, 0.2) is 0 Å². The highest BCUT2D eigenvalue weighted by Crippen LogP contribution is 2.31. The number of carbonyl (C=O) groups excluding carboxylic acids is 2. The summed E-state index contributed by atoms with van der Waals surface area (Å²) in [7, 11) is 1.43. The Kier molecular flexibility index (Phi) is 9.75. The molecule has 0 spiro atoms. The third-order valence-electron chi connectivity index (χ3n) is 4.80. The zero-order chi connectivity index (χ0) is 26.0. The first-order valence-electron chi connectivity index (χ1n) is 10.5. The van der Waals surface area contributed by atoms with E-state index in [4.69, 9.17) is 10.1 Å². The number of hydrogen-bond donors (Lipinski definition) is 3. The highest BCUT2D eigenvalue weighted by molar-refractivity contribution is 5.95. The SMILES string of the molecule is CCOC(=O)c1nc(NC/C(C=N)=C/NCc2ccc(F)cc2)nc(N(C)C(C)C=O)c1[N+](=O)[O-]. The van der Waals surface area contributed by atoms with E-state index in [1.165, 1.54) is 31.0 Å². The van der Waals surface area contributed by atoms with Gasteiger partial charge >= 0.3 is 11.7 Å². The first kappa shape index (κ1) is 26.8. The maximum absolute atomic E-state index is 13.0. The van der Waals surface area contributed by atoms with Crippen LogP contribution in [0.15, 0.2) is 36.0 Å².